The molecule has 1 aliphatic heterocycles. The smallest absolute Gasteiger partial charge is 0.410 e. The van der Waals surface area contributed by atoms with Crippen LogP contribution in [0.15, 0.2) is 0 Å². The van der Waals surface area contributed by atoms with Crippen LogP contribution in [0.4, 0.5) is 4.79 Å². The molecule has 82 valence electrons. The number of carbonyl (C=O) groups is 1. The Labute approximate surface area is 84.5 Å². The van der Waals surface area contributed by atoms with Crippen molar-refractivity contribution < 1.29 is 9.53 Å². The van der Waals surface area contributed by atoms with Crippen LogP contribution < -0.4 is 11.3 Å². The SMILES string of the molecule is CC(C)(C)OC(=O)N1CCC1CNN. The molecule has 3 N–H and O–H groups in total. The summed E-state index contributed by atoms with van der Waals surface area (Å²) in [7, 11) is 0. The van der Waals surface area contributed by atoms with Gasteiger partial charge >= 0.3 is 6.09 Å². The second kappa shape index (κ2) is 4.14. The first-order valence-electron chi connectivity index (χ1n) is 4.87. The molecular formula is C9H19N3O2. The van der Waals surface area contributed by atoms with Gasteiger partial charge in [0.1, 0.15) is 5.60 Å². The summed E-state index contributed by atoms with van der Waals surface area (Å²) in [6, 6.07) is 0.190. The van der Waals surface area contributed by atoms with Gasteiger partial charge in [-0.1, -0.05) is 0 Å². The lowest BCUT2D eigenvalue weighted by Crippen LogP contribution is -2.57. The number of hydrazine groups is 1. The van der Waals surface area contributed by atoms with Gasteiger partial charge in [-0.25, -0.2) is 4.79 Å². The van der Waals surface area contributed by atoms with Crippen molar-refractivity contribution in [2.24, 2.45) is 5.84 Å². The maximum Gasteiger partial charge on any atom is 0.410 e. The molecule has 1 fully saturated rings. The summed E-state index contributed by atoms with van der Waals surface area (Å²) in [4.78, 5) is 13.3. The number of nitrogens with zero attached hydrogens (tertiary/aromatic N) is 1. The number of rotatable bonds is 2. The van der Waals surface area contributed by atoms with E-state index in [9.17, 15) is 4.79 Å². The van der Waals surface area contributed by atoms with Crippen molar-refractivity contribution in [1.82, 2.24) is 10.3 Å². The lowest BCUT2D eigenvalue weighted by Gasteiger charge is -2.41. The Morgan fingerprint density at radius 2 is 2.29 bits per heavy atom. The predicted octanol–water partition coefficient (Wildman–Crippen LogP) is 0.459. The van der Waals surface area contributed by atoms with Crippen molar-refractivity contribution in [1.29, 1.82) is 0 Å². The topological polar surface area (TPSA) is 67.6 Å². The largest absolute Gasteiger partial charge is 0.444 e. The van der Waals surface area contributed by atoms with E-state index in [2.05, 4.69) is 5.43 Å². The number of likely N-dealkylation sites (tertiary alicyclic amines) is 1. The molecule has 1 aliphatic rings. The average molecular weight is 201 g/mol. The third kappa shape index (κ3) is 2.85. The second-order valence-electron chi connectivity index (χ2n) is 4.52. The highest BCUT2D eigenvalue weighted by Crippen LogP contribution is 2.20. The van der Waals surface area contributed by atoms with E-state index in [1.54, 1.807) is 4.90 Å². The molecule has 1 heterocycles. The summed E-state index contributed by atoms with van der Waals surface area (Å²) in [5.74, 6) is 5.20. The molecule has 1 saturated heterocycles. The van der Waals surface area contributed by atoms with Gasteiger partial charge in [0, 0.05) is 13.1 Å². The van der Waals surface area contributed by atoms with Gasteiger partial charge in [0.15, 0.2) is 0 Å². The summed E-state index contributed by atoms with van der Waals surface area (Å²) in [5, 5.41) is 0. The first-order valence-corrected chi connectivity index (χ1v) is 4.87. The maximum atomic E-state index is 11.6. The zero-order valence-electron chi connectivity index (χ0n) is 9.04. The van der Waals surface area contributed by atoms with Gasteiger partial charge in [-0.2, -0.15) is 0 Å². The van der Waals surface area contributed by atoms with Crippen LogP contribution in [0.3, 0.4) is 0 Å². The number of hydrogen-bond donors (Lipinski definition) is 2. The van der Waals surface area contributed by atoms with E-state index in [4.69, 9.17) is 10.6 Å². The first-order chi connectivity index (χ1) is 6.44. The van der Waals surface area contributed by atoms with E-state index in [0.717, 1.165) is 13.0 Å². The number of ether oxygens (including phenoxy) is 1. The van der Waals surface area contributed by atoms with Crippen molar-refractivity contribution in [3.63, 3.8) is 0 Å². The Balaban J connectivity index is 2.38. The van der Waals surface area contributed by atoms with E-state index in [1.807, 2.05) is 20.8 Å². The van der Waals surface area contributed by atoms with Crippen LogP contribution >= 0.6 is 0 Å². The molecule has 0 aromatic heterocycles. The van der Waals surface area contributed by atoms with Crippen LogP contribution in [-0.4, -0.2) is 35.7 Å². The molecule has 1 amide bonds. The lowest BCUT2D eigenvalue weighted by molar-refractivity contribution is -0.00485. The quantitative estimate of drug-likeness (QED) is 0.503. The number of nitrogens with one attached hydrogen (secondary N) is 1. The highest BCUT2D eigenvalue weighted by Gasteiger charge is 2.34. The Hall–Kier alpha value is -0.810. The molecule has 0 aliphatic carbocycles. The van der Waals surface area contributed by atoms with Crippen LogP contribution in [0.5, 0.6) is 0 Å². The van der Waals surface area contributed by atoms with Gasteiger partial charge in [-0.3, -0.25) is 11.3 Å². The summed E-state index contributed by atoms with van der Waals surface area (Å²) in [6.07, 6.45) is 0.743. The predicted molar refractivity (Wildman–Crippen MR) is 53.5 cm³/mol. The zero-order valence-corrected chi connectivity index (χ0v) is 9.04. The van der Waals surface area contributed by atoms with Crippen LogP contribution in [-0.2, 0) is 4.74 Å². The monoisotopic (exact) mass is 201 g/mol. The van der Waals surface area contributed by atoms with E-state index >= 15 is 0 Å². The van der Waals surface area contributed by atoms with Gasteiger partial charge in [-0.15, -0.1) is 0 Å². The van der Waals surface area contributed by atoms with Gasteiger partial charge < -0.3 is 9.64 Å². The van der Waals surface area contributed by atoms with Crippen LogP contribution in [0.2, 0.25) is 0 Å². The molecule has 5 nitrogen and oxygen atoms in total. The van der Waals surface area contributed by atoms with Crippen molar-refractivity contribution >= 4 is 6.09 Å². The summed E-state index contributed by atoms with van der Waals surface area (Å²) >= 11 is 0. The minimum atomic E-state index is -0.423. The molecule has 0 aromatic carbocycles. The summed E-state index contributed by atoms with van der Waals surface area (Å²) in [6.45, 7) is 6.98. The summed E-state index contributed by atoms with van der Waals surface area (Å²) in [5.41, 5.74) is 2.14. The van der Waals surface area contributed by atoms with Gasteiger partial charge in [-0.05, 0) is 27.2 Å². The zero-order chi connectivity index (χ0) is 10.8. The number of amides is 1. The molecule has 0 spiro atoms. The Morgan fingerprint density at radius 1 is 1.64 bits per heavy atom. The molecule has 5 heteroatoms. The molecule has 1 unspecified atom stereocenters. The van der Waals surface area contributed by atoms with Crippen molar-refractivity contribution in [2.45, 2.75) is 38.8 Å². The molecule has 1 rings (SSSR count). The number of carbonyl (C=O) groups excluding carboxylic acids is 1. The fourth-order valence-electron chi connectivity index (χ4n) is 1.35. The third-order valence-electron chi connectivity index (χ3n) is 2.13. The molecule has 0 radical (unpaired) electrons. The molecule has 14 heavy (non-hydrogen) atoms. The average Bonchev–Trinajstić information content (AvgIpc) is 1.93. The van der Waals surface area contributed by atoms with Gasteiger partial charge in [0.05, 0.1) is 6.04 Å². The first kappa shape index (κ1) is 11.3. The van der Waals surface area contributed by atoms with Gasteiger partial charge in [0.2, 0.25) is 0 Å². The van der Waals surface area contributed by atoms with E-state index in [0.29, 0.717) is 6.54 Å². The maximum absolute atomic E-state index is 11.6. The molecular weight excluding hydrogens is 182 g/mol. The Bertz CT molecular complexity index is 213. The van der Waals surface area contributed by atoms with Crippen LogP contribution in [0.25, 0.3) is 0 Å². The van der Waals surface area contributed by atoms with Crippen molar-refractivity contribution in [2.75, 3.05) is 13.1 Å². The van der Waals surface area contributed by atoms with E-state index in [1.165, 1.54) is 0 Å². The minimum Gasteiger partial charge on any atom is -0.444 e. The Morgan fingerprint density at radius 3 is 2.64 bits per heavy atom. The van der Waals surface area contributed by atoms with Crippen LogP contribution in [0.1, 0.15) is 27.2 Å². The normalized spacial score (nSPS) is 21.7. The fourth-order valence-corrected chi connectivity index (χ4v) is 1.35. The fraction of sp³-hybridized carbons (Fsp3) is 0.889. The van der Waals surface area contributed by atoms with E-state index in [-0.39, 0.29) is 12.1 Å². The second-order valence-corrected chi connectivity index (χ2v) is 4.52. The highest BCUT2D eigenvalue weighted by molar-refractivity contribution is 5.69. The van der Waals surface area contributed by atoms with Gasteiger partial charge in [0.25, 0.3) is 0 Å². The highest BCUT2D eigenvalue weighted by atomic mass is 16.6. The molecule has 0 saturated carbocycles. The molecule has 0 bridgehead atoms. The minimum absolute atomic E-state index is 0.190. The third-order valence-corrected chi connectivity index (χ3v) is 2.13. The standard InChI is InChI=1S/C9H19N3O2/c1-9(2,3)14-8(13)12-5-4-7(12)6-11-10/h7,11H,4-6,10H2,1-3H3. The van der Waals surface area contributed by atoms with Crippen molar-refractivity contribution in [3.8, 4) is 0 Å². The van der Waals surface area contributed by atoms with E-state index < -0.39 is 5.60 Å². The molecule has 0 aromatic rings. The number of hydrogen-bond acceptors (Lipinski definition) is 4. The Kier molecular flexibility index (Phi) is 3.34. The van der Waals surface area contributed by atoms with Crippen LogP contribution in [0, 0.1) is 0 Å². The molecule has 1 atom stereocenters. The summed E-state index contributed by atoms with van der Waals surface area (Å²) < 4.78 is 5.24. The lowest BCUT2D eigenvalue weighted by atomic mass is 10.0. The van der Waals surface area contributed by atoms with Crippen molar-refractivity contribution in [3.05, 3.63) is 0 Å². The number of nitrogens with two attached hydrogens (primary N) is 1.